The maximum atomic E-state index is 10.2. The Bertz CT molecular complexity index is 200. The van der Waals surface area contributed by atoms with Crippen molar-refractivity contribution in [2.24, 2.45) is 4.99 Å². The quantitative estimate of drug-likeness (QED) is 0.429. The van der Waals surface area contributed by atoms with Crippen molar-refractivity contribution in [3.8, 4) is 0 Å². The highest BCUT2D eigenvalue weighted by Gasteiger charge is 2.19. The fourth-order valence-corrected chi connectivity index (χ4v) is 0.860. The van der Waals surface area contributed by atoms with Crippen molar-refractivity contribution in [2.45, 2.75) is 18.5 Å². The summed E-state index contributed by atoms with van der Waals surface area (Å²) in [4.78, 5) is 16.9. The van der Waals surface area contributed by atoms with Crippen LogP contribution in [-0.4, -0.2) is 30.6 Å². The molecule has 0 fully saturated rings. The number of aliphatic carboxylic acids is 1. The molecule has 1 heterocycles. The van der Waals surface area contributed by atoms with Gasteiger partial charge in [-0.1, -0.05) is 4.99 Å². The molecular weight excluding hydrogens is 146 g/mol. The number of hydrogen-bond donors (Lipinski definition) is 2. The molecule has 2 atom stereocenters. The number of aliphatic imine (C=N–C) groups is 1. The van der Waals surface area contributed by atoms with E-state index in [1.807, 2.05) is 0 Å². The Morgan fingerprint density at radius 2 is 2.64 bits per heavy atom. The van der Waals surface area contributed by atoms with Crippen LogP contribution in [0.4, 0.5) is 0 Å². The zero-order valence-corrected chi connectivity index (χ0v) is 5.99. The average Bonchev–Trinajstić information content (AvgIpc) is 2.39. The summed E-state index contributed by atoms with van der Waals surface area (Å²) in [5, 5.41) is 10.2. The van der Waals surface area contributed by atoms with Crippen molar-refractivity contribution in [2.75, 3.05) is 0 Å². The molecule has 0 aromatic carbocycles. The molecule has 60 valence electrons. The van der Waals surface area contributed by atoms with Crippen molar-refractivity contribution in [1.29, 1.82) is 0 Å². The largest absolute Gasteiger partial charge is 0.544 e. The Morgan fingerprint density at radius 1 is 1.91 bits per heavy atom. The highest BCUT2D eigenvalue weighted by Crippen LogP contribution is 1.87. The van der Waals surface area contributed by atoms with Crippen LogP contribution >= 0.6 is 0 Å². The van der Waals surface area contributed by atoms with Crippen LogP contribution in [0.25, 0.3) is 0 Å². The summed E-state index contributed by atoms with van der Waals surface area (Å²) in [6.07, 6.45) is 3.61. The monoisotopic (exact) mass is 156 g/mol. The van der Waals surface area contributed by atoms with Gasteiger partial charge in [-0.05, 0) is 0 Å². The lowest BCUT2D eigenvalue weighted by molar-refractivity contribution is -0.496. The van der Waals surface area contributed by atoms with Crippen molar-refractivity contribution >= 4 is 18.5 Å². The van der Waals surface area contributed by atoms with Crippen LogP contribution in [0.5, 0.6) is 0 Å². The topological polar surface area (TPSA) is 94.1 Å². The van der Waals surface area contributed by atoms with Crippen LogP contribution in [0.15, 0.2) is 4.99 Å². The van der Waals surface area contributed by atoms with Gasteiger partial charge in [0.25, 0.3) is 6.34 Å². The normalized spacial score (nSPS) is 23.9. The van der Waals surface area contributed by atoms with E-state index < -0.39 is 12.0 Å². The number of nitrogens with zero attached hydrogens (tertiary/aromatic N) is 1. The van der Waals surface area contributed by atoms with E-state index in [-0.39, 0.29) is 6.04 Å². The van der Waals surface area contributed by atoms with Gasteiger partial charge in [-0.3, -0.25) is 4.99 Å². The first kappa shape index (κ1) is 7.87. The fraction of sp³-hybridized carbons (Fsp3) is 0.500. The summed E-state index contributed by atoms with van der Waals surface area (Å²) in [7, 11) is 0. The zero-order chi connectivity index (χ0) is 8.27. The molecule has 0 saturated heterocycles. The molecule has 0 radical (unpaired) electrons. The van der Waals surface area contributed by atoms with Crippen LogP contribution in [0.2, 0.25) is 0 Å². The maximum absolute atomic E-state index is 10.2. The molecule has 1 aliphatic heterocycles. The molecule has 0 aliphatic carbocycles. The van der Waals surface area contributed by atoms with Gasteiger partial charge in [0, 0.05) is 0 Å². The number of rotatable bonds is 3. The molecule has 1 aliphatic rings. The predicted molar refractivity (Wildman–Crippen MR) is 35.6 cm³/mol. The lowest BCUT2D eigenvalue weighted by Crippen LogP contribution is -2.79. The van der Waals surface area contributed by atoms with E-state index in [1.165, 1.54) is 6.34 Å². The molecule has 4 N–H and O–H groups in total. The van der Waals surface area contributed by atoms with Gasteiger partial charge >= 0.3 is 0 Å². The molecule has 5 nitrogen and oxygen atoms in total. The van der Waals surface area contributed by atoms with Gasteiger partial charge in [-0.2, -0.15) is 0 Å². The standard InChI is InChI=1S/C6H9N3O2/c7-5(6(10)11)1-4-2-8-3-9-4/h2-5H,1,7H2,(H,10,11)/p+1. The highest BCUT2D eigenvalue weighted by atomic mass is 16.4. The first-order valence-corrected chi connectivity index (χ1v) is 3.35. The third-order valence-corrected chi connectivity index (χ3v) is 1.50. The average molecular weight is 156 g/mol. The minimum absolute atomic E-state index is 0.00426. The number of carbonyl (C=O) groups excluding carboxylic acids is 1. The van der Waals surface area contributed by atoms with E-state index >= 15 is 0 Å². The van der Waals surface area contributed by atoms with Gasteiger partial charge in [0.05, 0.1) is 12.4 Å². The number of quaternary nitrogens is 1. The minimum atomic E-state index is -1.12. The molecule has 0 amide bonds. The summed E-state index contributed by atoms with van der Waals surface area (Å²) in [6, 6.07) is -0.680. The van der Waals surface area contributed by atoms with Crippen LogP contribution in [0.3, 0.4) is 0 Å². The summed E-state index contributed by atoms with van der Waals surface area (Å²) >= 11 is 0. The third-order valence-electron chi connectivity index (χ3n) is 1.50. The minimum Gasteiger partial charge on any atom is -0.544 e. The Morgan fingerprint density at radius 3 is 3.09 bits per heavy atom. The number of carboxylic acid groups (broad SMARTS) is 1. The van der Waals surface area contributed by atoms with Crippen molar-refractivity contribution < 1.29 is 20.6 Å². The molecule has 0 bridgehead atoms. The molecule has 2 unspecified atom stereocenters. The molecule has 0 aromatic heterocycles. The van der Waals surface area contributed by atoms with Crippen molar-refractivity contribution in [3.05, 3.63) is 0 Å². The molecule has 11 heavy (non-hydrogen) atoms. The van der Waals surface area contributed by atoms with Crippen molar-refractivity contribution in [3.63, 3.8) is 0 Å². The summed E-state index contributed by atoms with van der Waals surface area (Å²) in [5.74, 6) is -1.12. The number of carboxylic acids is 1. The van der Waals surface area contributed by atoms with E-state index in [1.54, 1.807) is 6.21 Å². The van der Waals surface area contributed by atoms with Crippen LogP contribution in [-0.2, 0) is 4.79 Å². The van der Waals surface area contributed by atoms with Crippen molar-refractivity contribution in [1.82, 2.24) is 0 Å². The Labute approximate surface area is 63.6 Å². The third kappa shape index (κ3) is 2.12. The Kier molecular flexibility index (Phi) is 2.32. The maximum Gasteiger partial charge on any atom is 0.279 e. The molecule has 5 heteroatoms. The number of hydrogen-bond acceptors (Lipinski definition) is 3. The van der Waals surface area contributed by atoms with E-state index in [2.05, 4.69) is 15.7 Å². The second kappa shape index (κ2) is 3.25. The predicted octanol–water partition coefficient (Wildman–Crippen LogP) is -4.70. The van der Waals surface area contributed by atoms with Crippen LogP contribution in [0, 0.1) is 0 Å². The van der Waals surface area contributed by atoms with E-state index in [0.717, 1.165) is 0 Å². The summed E-state index contributed by atoms with van der Waals surface area (Å²) in [6.45, 7) is 0. The highest BCUT2D eigenvalue weighted by molar-refractivity contribution is 5.77. The SMILES string of the molecule is [NH3+]C(CC1C=NC=[NH+]1)C(=O)[O-]. The lowest BCUT2D eigenvalue weighted by Gasteiger charge is -2.08. The first-order chi connectivity index (χ1) is 5.20. The van der Waals surface area contributed by atoms with Crippen LogP contribution < -0.4 is 15.8 Å². The van der Waals surface area contributed by atoms with E-state index in [9.17, 15) is 9.90 Å². The zero-order valence-electron chi connectivity index (χ0n) is 5.99. The van der Waals surface area contributed by atoms with Gasteiger partial charge in [0.15, 0.2) is 12.3 Å². The summed E-state index contributed by atoms with van der Waals surface area (Å²) in [5.41, 5.74) is 3.42. The second-order valence-electron chi connectivity index (χ2n) is 2.45. The number of carbonyl (C=O) groups is 1. The molecule has 0 spiro atoms. The summed E-state index contributed by atoms with van der Waals surface area (Å²) < 4.78 is 0. The molecule has 1 rings (SSSR count). The number of nitrogens with one attached hydrogen (secondary N) is 1. The van der Waals surface area contributed by atoms with E-state index in [4.69, 9.17) is 0 Å². The molecule has 0 saturated carbocycles. The Balaban J connectivity index is 2.36. The first-order valence-electron chi connectivity index (χ1n) is 3.35. The fourth-order valence-electron chi connectivity index (χ4n) is 0.860. The lowest BCUT2D eigenvalue weighted by atomic mass is 10.1. The van der Waals surface area contributed by atoms with Gasteiger partial charge in [0.2, 0.25) is 0 Å². The van der Waals surface area contributed by atoms with Gasteiger partial charge in [-0.25, -0.2) is 0 Å². The van der Waals surface area contributed by atoms with Crippen LogP contribution in [0.1, 0.15) is 6.42 Å². The second-order valence-corrected chi connectivity index (χ2v) is 2.45. The smallest absolute Gasteiger partial charge is 0.279 e. The van der Waals surface area contributed by atoms with Gasteiger partial charge in [-0.15, -0.1) is 0 Å². The van der Waals surface area contributed by atoms with Gasteiger partial charge in [0.1, 0.15) is 6.04 Å². The molecule has 0 aromatic rings. The Hall–Kier alpha value is -1.23. The molecular formula is C6H10N3O2+. The van der Waals surface area contributed by atoms with Gasteiger partial charge < -0.3 is 15.6 Å². The van der Waals surface area contributed by atoms with E-state index in [0.29, 0.717) is 6.42 Å².